The summed E-state index contributed by atoms with van der Waals surface area (Å²) in [7, 11) is 5.06. The van der Waals surface area contributed by atoms with Gasteiger partial charge in [0.25, 0.3) is 11.5 Å². The Kier molecular flexibility index (Phi) is 10.4. The van der Waals surface area contributed by atoms with Crippen molar-refractivity contribution in [2.75, 3.05) is 60.5 Å². The lowest BCUT2D eigenvalue weighted by Gasteiger charge is -2.32. The van der Waals surface area contributed by atoms with Gasteiger partial charge in [0.05, 0.1) is 19.7 Å². The number of piperazine rings is 1. The number of benzene rings is 1. The minimum absolute atomic E-state index is 0. The van der Waals surface area contributed by atoms with Crippen LogP contribution in [0, 0.1) is 0 Å². The van der Waals surface area contributed by atoms with Crippen molar-refractivity contribution in [3.8, 4) is 17.2 Å². The van der Waals surface area contributed by atoms with Crippen LogP contribution in [-0.2, 0) is 0 Å². The maximum absolute atomic E-state index is 12.5. The SMILES string of the molecule is COc1cc2[nH]c(=O)c(C(=O)NCCCN3CCN(C)CC3)c(O)c2cc1OC.Cl.Cl. The molecule has 2 aromatic rings. The molecule has 31 heavy (non-hydrogen) atoms. The fourth-order valence-corrected chi connectivity index (χ4v) is 3.48. The van der Waals surface area contributed by atoms with Gasteiger partial charge in [-0.25, -0.2) is 0 Å². The van der Waals surface area contributed by atoms with Crippen LogP contribution in [-0.4, -0.2) is 86.3 Å². The second-order valence-electron chi connectivity index (χ2n) is 7.18. The zero-order valence-electron chi connectivity index (χ0n) is 17.9. The van der Waals surface area contributed by atoms with E-state index in [-0.39, 0.29) is 36.1 Å². The topological polar surface area (TPSA) is 107 Å². The molecule has 1 aliphatic heterocycles. The van der Waals surface area contributed by atoms with Crippen LogP contribution < -0.4 is 20.3 Å². The smallest absolute Gasteiger partial charge is 0.265 e. The number of rotatable bonds is 7. The van der Waals surface area contributed by atoms with E-state index in [4.69, 9.17) is 9.47 Å². The molecule has 3 N–H and O–H groups in total. The number of hydrogen-bond acceptors (Lipinski definition) is 7. The summed E-state index contributed by atoms with van der Waals surface area (Å²) in [6, 6.07) is 3.08. The van der Waals surface area contributed by atoms with E-state index in [1.54, 1.807) is 6.07 Å². The van der Waals surface area contributed by atoms with Crippen molar-refractivity contribution < 1.29 is 19.4 Å². The van der Waals surface area contributed by atoms with Crippen molar-refractivity contribution in [2.45, 2.75) is 6.42 Å². The van der Waals surface area contributed by atoms with Gasteiger partial charge in [0.2, 0.25) is 0 Å². The van der Waals surface area contributed by atoms with E-state index in [2.05, 4.69) is 27.1 Å². The van der Waals surface area contributed by atoms with Gasteiger partial charge in [-0.1, -0.05) is 0 Å². The molecule has 9 nitrogen and oxygen atoms in total. The Balaban J connectivity index is 0.00000240. The summed E-state index contributed by atoms with van der Waals surface area (Å²) in [4.78, 5) is 32.2. The van der Waals surface area contributed by atoms with Crippen molar-refractivity contribution in [2.24, 2.45) is 0 Å². The van der Waals surface area contributed by atoms with E-state index in [0.717, 1.165) is 39.1 Å². The molecule has 1 saturated heterocycles. The predicted molar refractivity (Wildman–Crippen MR) is 125 cm³/mol. The zero-order chi connectivity index (χ0) is 21.0. The number of amides is 1. The first-order valence-corrected chi connectivity index (χ1v) is 9.64. The van der Waals surface area contributed by atoms with Crippen LogP contribution in [0.5, 0.6) is 17.2 Å². The van der Waals surface area contributed by atoms with E-state index in [0.29, 0.717) is 28.9 Å². The number of nitrogens with one attached hydrogen (secondary N) is 2. The summed E-state index contributed by atoms with van der Waals surface area (Å²) in [5.41, 5.74) is -0.597. The first kappa shape index (κ1) is 26.8. The Morgan fingerprint density at radius 2 is 1.74 bits per heavy atom. The molecular formula is C20H30Cl2N4O5. The van der Waals surface area contributed by atoms with Crippen LogP contribution in [0.1, 0.15) is 16.8 Å². The maximum Gasteiger partial charge on any atom is 0.265 e. The number of likely N-dealkylation sites (N-methyl/N-ethyl adjacent to an activating group) is 1. The van der Waals surface area contributed by atoms with Crippen LogP contribution in [0.25, 0.3) is 10.9 Å². The minimum Gasteiger partial charge on any atom is -0.506 e. The number of aromatic amines is 1. The molecule has 1 aromatic heterocycles. The van der Waals surface area contributed by atoms with Crippen LogP contribution in [0.15, 0.2) is 16.9 Å². The lowest BCUT2D eigenvalue weighted by Crippen LogP contribution is -2.45. The van der Waals surface area contributed by atoms with Gasteiger partial charge in [-0.15, -0.1) is 24.8 Å². The quantitative estimate of drug-likeness (QED) is 0.519. The number of fused-ring (bicyclic) bond motifs is 1. The van der Waals surface area contributed by atoms with E-state index < -0.39 is 11.5 Å². The van der Waals surface area contributed by atoms with E-state index >= 15 is 0 Å². The van der Waals surface area contributed by atoms with Crippen LogP contribution in [0.3, 0.4) is 0 Å². The number of aromatic hydroxyl groups is 1. The molecule has 1 aliphatic rings. The van der Waals surface area contributed by atoms with E-state index in [1.807, 2.05) is 0 Å². The van der Waals surface area contributed by atoms with Crippen molar-refractivity contribution in [3.63, 3.8) is 0 Å². The Bertz CT molecular complexity index is 945. The van der Waals surface area contributed by atoms with Gasteiger partial charge in [-0.3, -0.25) is 9.59 Å². The number of hydrogen-bond donors (Lipinski definition) is 3. The fraction of sp³-hybridized carbons (Fsp3) is 0.500. The summed E-state index contributed by atoms with van der Waals surface area (Å²) in [6.07, 6.45) is 0.771. The van der Waals surface area contributed by atoms with Gasteiger partial charge in [0, 0.05) is 44.2 Å². The Morgan fingerprint density at radius 1 is 1.13 bits per heavy atom. The van der Waals surface area contributed by atoms with Crippen LogP contribution in [0.2, 0.25) is 0 Å². The van der Waals surface area contributed by atoms with Crippen LogP contribution in [0.4, 0.5) is 0 Å². The third-order valence-corrected chi connectivity index (χ3v) is 5.25. The predicted octanol–water partition coefficient (Wildman–Crippen LogP) is 1.46. The normalized spacial score (nSPS) is 14.4. The van der Waals surface area contributed by atoms with Gasteiger partial charge in [-0.2, -0.15) is 0 Å². The van der Waals surface area contributed by atoms with Crippen molar-refractivity contribution >= 4 is 41.6 Å². The molecule has 2 heterocycles. The fourth-order valence-electron chi connectivity index (χ4n) is 3.48. The van der Waals surface area contributed by atoms with E-state index in [1.165, 1.54) is 20.3 Å². The summed E-state index contributed by atoms with van der Waals surface area (Å²) in [5.74, 6) is -0.169. The highest BCUT2D eigenvalue weighted by Crippen LogP contribution is 2.35. The van der Waals surface area contributed by atoms with Gasteiger partial charge in [-0.05, 0) is 26.1 Å². The summed E-state index contributed by atoms with van der Waals surface area (Å²) < 4.78 is 10.4. The van der Waals surface area contributed by atoms with E-state index in [9.17, 15) is 14.7 Å². The number of carbonyl (C=O) groups is 1. The zero-order valence-corrected chi connectivity index (χ0v) is 19.5. The highest BCUT2D eigenvalue weighted by molar-refractivity contribution is 6.02. The monoisotopic (exact) mass is 476 g/mol. The minimum atomic E-state index is -0.654. The number of H-pyrrole nitrogens is 1. The molecule has 0 spiro atoms. The molecule has 174 valence electrons. The second kappa shape index (κ2) is 12.0. The highest BCUT2D eigenvalue weighted by atomic mass is 35.5. The third-order valence-electron chi connectivity index (χ3n) is 5.25. The maximum atomic E-state index is 12.5. The third kappa shape index (κ3) is 6.16. The lowest BCUT2D eigenvalue weighted by molar-refractivity contribution is 0.0945. The lowest BCUT2D eigenvalue weighted by atomic mass is 10.1. The molecule has 0 atom stereocenters. The van der Waals surface area contributed by atoms with Crippen molar-refractivity contribution in [1.82, 2.24) is 20.1 Å². The summed E-state index contributed by atoms with van der Waals surface area (Å²) >= 11 is 0. The molecule has 0 bridgehead atoms. The van der Waals surface area contributed by atoms with Crippen LogP contribution >= 0.6 is 24.8 Å². The molecule has 3 rings (SSSR count). The Morgan fingerprint density at radius 3 is 2.35 bits per heavy atom. The first-order chi connectivity index (χ1) is 13.9. The Labute approximate surface area is 193 Å². The average Bonchev–Trinajstić information content (AvgIpc) is 2.71. The number of halogens is 2. The molecule has 1 aromatic carbocycles. The van der Waals surface area contributed by atoms with Gasteiger partial charge >= 0.3 is 0 Å². The Hall–Kier alpha value is -2.20. The number of carbonyl (C=O) groups excluding carboxylic acids is 1. The van der Waals surface area contributed by atoms with Gasteiger partial charge in [0.15, 0.2) is 11.5 Å². The molecule has 0 aliphatic carbocycles. The van der Waals surface area contributed by atoms with Gasteiger partial charge < -0.3 is 34.7 Å². The van der Waals surface area contributed by atoms with Crippen molar-refractivity contribution in [1.29, 1.82) is 0 Å². The van der Waals surface area contributed by atoms with Crippen molar-refractivity contribution in [3.05, 3.63) is 28.0 Å². The van der Waals surface area contributed by atoms with Gasteiger partial charge in [0.1, 0.15) is 11.3 Å². The first-order valence-electron chi connectivity index (χ1n) is 9.64. The number of ether oxygens (including phenoxy) is 2. The number of methoxy groups -OCH3 is 2. The molecule has 11 heteroatoms. The number of pyridine rings is 1. The number of aromatic nitrogens is 1. The highest BCUT2D eigenvalue weighted by Gasteiger charge is 2.21. The largest absolute Gasteiger partial charge is 0.506 e. The average molecular weight is 477 g/mol. The molecule has 1 amide bonds. The second-order valence-corrected chi connectivity index (χ2v) is 7.18. The number of nitrogens with zero attached hydrogens (tertiary/aromatic N) is 2. The standard InChI is InChI=1S/C20H28N4O5.2ClH/c1-23-7-9-24(10-8-23)6-4-5-21-19(26)17-18(25)13-11-15(28-2)16(29-3)12-14(13)22-20(17)27;;/h11-12H,4-10H2,1-3H3,(H,21,26)(H2,22,25,27);2*1H. The molecule has 0 saturated carbocycles. The molecule has 0 unspecified atom stereocenters. The summed E-state index contributed by atoms with van der Waals surface area (Å²) in [5, 5.41) is 13.6. The molecular weight excluding hydrogens is 447 g/mol. The summed E-state index contributed by atoms with van der Waals surface area (Å²) in [6.45, 7) is 5.42. The molecule has 0 radical (unpaired) electrons. The molecule has 1 fully saturated rings.